The quantitative estimate of drug-likeness (QED) is 0.654. The van der Waals surface area contributed by atoms with Crippen molar-refractivity contribution in [3.63, 3.8) is 0 Å². The van der Waals surface area contributed by atoms with E-state index in [1.54, 1.807) is 24.3 Å². The zero-order valence-corrected chi connectivity index (χ0v) is 16.3. The van der Waals surface area contributed by atoms with Gasteiger partial charge in [-0.05, 0) is 42.2 Å². The van der Waals surface area contributed by atoms with Crippen LogP contribution in [0.4, 0.5) is 4.39 Å². The molecular weight excluding hydrogens is 407 g/mol. The predicted octanol–water partition coefficient (Wildman–Crippen LogP) is 2.32. The molecule has 2 heterocycles. The number of rotatable bonds is 5. The van der Waals surface area contributed by atoms with Crippen LogP contribution in [0.5, 0.6) is 0 Å². The highest BCUT2D eigenvalue weighted by atomic mass is 35.5. The average molecular weight is 425 g/mol. The van der Waals surface area contributed by atoms with Crippen molar-refractivity contribution in [1.82, 2.24) is 14.3 Å². The third kappa shape index (κ3) is 4.07. The number of aromatic nitrogens is 2. The van der Waals surface area contributed by atoms with Crippen LogP contribution < -0.4 is 10.7 Å². The van der Waals surface area contributed by atoms with E-state index in [9.17, 15) is 17.6 Å². The van der Waals surface area contributed by atoms with Gasteiger partial charge in [0.1, 0.15) is 11.5 Å². The number of benzene rings is 1. The van der Waals surface area contributed by atoms with Crippen LogP contribution in [-0.2, 0) is 16.8 Å². The number of hydrogen-bond acceptors (Lipinski definition) is 4. The molecule has 0 radical (unpaired) electrons. The van der Waals surface area contributed by atoms with Crippen molar-refractivity contribution in [1.29, 1.82) is 0 Å². The Labute approximate surface area is 167 Å². The first kappa shape index (κ1) is 20.4. The number of pyridine rings is 2. The summed E-state index contributed by atoms with van der Waals surface area (Å²) in [5, 5.41) is 5.94. The summed E-state index contributed by atoms with van der Waals surface area (Å²) in [6.07, 6.45) is 3.00. The molecule has 3 aromatic rings. The number of nitrogens with zero attached hydrogens (tertiary/aromatic N) is 2. The van der Waals surface area contributed by atoms with Crippen LogP contribution in [-0.4, -0.2) is 28.7 Å². The summed E-state index contributed by atoms with van der Waals surface area (Å²) < 4.78 is 39.3. The summed E-state index contributed by atoms with van der Waals surface area (Å²) in [6, 6.07) is 9.23. The summed E-state index contributed by atoms with van der Waals surface area (Å²) in [7, 11) is -3.89. The molecule has 0 saturated heterocycles. The van der Waals surface area contributed by atoms with E-state index in [0.29, 0.717) is 22.2 Å². The Hall–Kier alpha value is -2.33. The molecule has 1 aromatic carbocycles. The molecule has 1 saturated carbocycles. The zero-order chi connectivity index (χ0) is 19.2. The summed E-state index contributed by atoms with van der Waals surface area (Å²) in [5.74, 6) is -0.517. The molecule has 3 N–H and O–H groups in total. The van der Waals surface area contributed by atoms with Gasteiger partial charge in [-0.15, -0.1) is 12.4 Å². The van der Waals surface area contributed by atoms with E-state index in [-0.39, 0.29) is 36.1 Å². The normalized spacial score (nSPS) is 14.2. The largest absolute Gasteiger partial charge is 0.307 e. The highest BCUT2D eigenvalue weighted by Crippen LogP contribution is 2.32. The lowest BCUT2D eigenvalue weighted by molar-refractivity contribution is 0.392. The number of nitrogens with two attached hydrogens (primary N) is 1. The molecule has 0 aliphatic heterocycles. The van der Waals surface area contributed by atoms with Crippen LogP contribution in [0.3, 0.4) is 0 Å². The van der Waals surface area contributed by atoms with E-state index < -0.39 is 16.0 Å². The number of nitrogens with one attached hydrogen (secondary N) is 1. The first-order valence-corrected chi connectivity index (χ1v) is 9.89. The van der Waals surface area contributed by atoms with Gasteiger partial charge in [-0.3, -0.25) is 4.79 Å². The van der Waals surface area contributed by atoms with Crippen molar-refractivity contribution in [3.8, 4) is 11.1 Å². The number of hydrogen-bond donors (Lipinski definition) is 2. The summed E-state index contributed by atoms with van der Waals surface area (Å²) in [5.41, 5.74) is 1.72. The van der Waals surface area contributed by atoms with Crippen molar-refractivity contribution in [3.05, 3.63) is 64.3 Å². The lowest BCUT2D eigenvalue weighted by atomic mass is 10.0. The topological polar surface area (TPSA) is 109 Å². The Morgan fingerprint density at radius 2 is 1.96 bits per heavy atom. The Morgan fingerprint density at radius 3 is 2.61 bits per heavy atom. The van der Waals surface area contributed by atoms with Crippen molar-refractivity contribution in [2.24, 2.45) is 5.14 Å². The summed E-state index contributed by atoms with van der Waals surface area (Å²) in [6.45, 7) is -0.0972. The fourth-order valence-electron chi connectivity index (χ4n) is 3.11. The molecule has 1 fully saturated rings. The Bertz CT molecular complexity index is 1190. The third-order valence-corrected chi connectivity index (χ3v) is 5.69. The Balaban J connectivity index is 0.00000225. The van der Waals surface area contributed by atoms with E-state index in [2.05, 4.69) is 9.97 Å². The molecule has 0 spiro atoms. The van der Waals surface area contributed by atoms with Gasteiger partial charge >= 0.3 is 0 Å². The molecule has 7 nitrogen and oxygen atoms in total. The van der Waals surface area contributed by atoms with Gasteiger partial charge in [-0.1, -0.05) is 12.1 Å². The minimum absolute atomic E-state index is 0. The molecule has 148 valence electrons. The second kappa shape index (κ2) is 7.59. The third-order valence-electron chi connectivity index (χ3n) is 4.60. The highest BCUT2D eigenvalue weighted by Gasteiger charge is 2.35. The molecule has 1 aliphatic rings. The zero-order valence-electron chi connectivity index (χ0n) is 14.6. The monoisotopic (exact) mass is 424 g/mol. The van der Waals surface area contributed by atoms with Gasteiger partial charge in [0.15, 0.2) is 0 Å². The van der Waals surface area contributed by atoms with E-state index >= 15 is 0 Å². The maximum atomic E-state index is 14.7. The summed E-state index contributed by atoms with van der Waals surface area (Å²) in [4.78, 5) is 18.2. The first-order valence-electron chi connectivity index (χ1n) is 8.39. The van der Waals surface area contributed by atoms with Crippen LogP contribution in [0.1, 0.15) is 18.4 Å². The van der Waals surface area contributed by atoms with Crippen LogP contribution in [0, 0.1) is 5.82 Å². The van der Waals surface area contributed by atoms with Crippen molar-refractivity contribution in [2.45, 2.75) is 25.4 Å². The standard InChI is InChI=1S/C18H17FN4O3S.ClH/c19-16-9-11(14-7-8-21-18-15(14)5-6-17(24)22-18)1-2-12(16)10-23(13-3-4-13)27(20,25)26;/h1-2,5-9,13H,3-4,10H2,(H2,20,25,26)(H,21,22,24);1H. The fourth-order valence-corrected chi connectivity index (χ4v) is 4.06. The number of halogens is 2. The van der Waals surface area contributed by atoms with Gasteiger partial charge in [0.2, 0.25) is 5.56 Å². The lowest BCUT2D eigenvalue weighted by Crippen LogP contribution is -2.38. The van der Waals surface area contributed by atoms with Gasteiger partial charge in [0.05, 0.1) is 0 Å². The smallest absolute Gasteiger partial charge is 0.277 e. The SMILES string of the molecule is Cl.NS(=O)(=O)N(Cc1ccc(-c2ccnc3[nH]c(=O)ccc23)cc1F)C1CC1. The van der Waals surface area contributed by atoms with Crippen LogP contribution >= 0.6 is 12.4 Å². The molecule has 0 atom stereocenters. The van der Waals surface area contributed by atoms with Gasteiger partial charge in [0.25, 0.3) is 10.2 Å². The second-order valence-corrected chi connectivity index (χ2v) is 8.07. The van der Waals surface area contributed by atoms with Gasteiger partial charge in [-0.2, -0.15) is 12.7 Å². The Morgan fingerprint density at radius 1 is 1.21 bits per heavy atom. The molecule has 28 heavy (non-hydrogen) atoms. The highest BCUT2D eigenvalue weighted by molar-refractivity contribution is 7.86. The molecule has 1 aliphatic carbocycles. The van der Waals surface area contributed by atoms with E-state index in [1.165, 1.54) is 18.3 Å². The number of fused-ring (bicyclic) bond motifs is 1. The van der Waals surface area contributed by atoms with Gasteiger partial charge in [-0.25, -0.2) is 14.5 Å². The average Bonchev–Trinajstić information content (AvgIpc) is 3.43. The van der Waals surface area contributed by atoms with Crippen LogP contribution in [0.2, 0.25) is 0 Å². The van der Waals surface area contributed by atoms with Crippen LogP contribution in [0.15, 0.2) is 47.4 Å². The van der Waals surface area contributed by atoms with Gasteiger partial charge < -0.3 is 4.98 Å². The molecule has 4 rings (SSSR count). The van der Waals surface area contributed by atoms with Gasteiger partial charge in [0, 0.05) is 35.8 Å². The van der Waals surface area contributed by atoms with Crippen molar-refractivity contribution >= 4 is 33.6 Å². The molecule has 10 heteroatoms. The minimum atomic E-state index is -3.89. The molecule has 0 amide bonds. The molecule has 2 aromatic heterocycles. The van der Waals surface area contributed by atoms with Crippen molar-refractivity contribution < 1.29 is 12.8 Å². The predicted molar refractivity (Wildman–Crippen MR) is 107 cm³/mol. The fraction of sp³-hybridized carbons (Fsp3) is 0.222. The lowest BCUT2D eigenvalue weighted by Gasteiger charge is -2.19. The molecular formula is C18H18ClFN4O3S. The van der Waals surface area contributed by atoms with E-state index in [4.69, 9.17) is 5.14 Å². The van der Waals surface area contributed by atoms with E-state index in [1.807, 2.05) is 0 Å². The number of aromatic amines is 1. The first-order chi connectivity index (χ1) is 12.8. The minimum Gasteiger partial charge on any atom is -0.307 e. The molecule has 0 unspecified atom stereocenters. The summed E-state index contributed by atoms with van der Waals surface area (Å²) >= 11 is 0. The number of H-pyrrole nitrogens is 1. The Kier molecular flexibility index (Phi) is 5.53. The van der Waals surface area contributed by atoms with E-state index in [0.717, 1.165) is 17.1 Å². The maximum absolute atomic E-state index is 14.7. The molecule has 0 bridgehead atoms. The second-order valence-electron chi connectivity index (χ2n) is 6.57. The van der Waals surface area contributed by atoms with Crippen molar-refractivity contribution in [2.75, 3.05) is 0 Å². The van der Waals surface area contributed by atoms with Crippen LogP contribution in [0.25, 0.3) is 22.2 Å². The maximum Gasteiger partial charge on any atom is 0.277 e.